The number of hydrogen-bond acceptors (Lipinski definition) is 1. The van der Waals surface area contributed by atoms with Crippen LogP contribution in [-0.2, 0) is 6.42 Å². The van der Waals surface area contributed by atoms with Gasteiger partial charge >= 0.3 is 0 Å². The normalized spacial score (nSPS) is 10.7. The molecule has 0 amide bonds. The summed E-state index contributed by atoms with van der Waals surface area (Å²) >= 11 is 5.82. The van der Waals surface area contributed by atoms with E-state index in [1.807, 2.05) is 36.4 Å². The Morgan fingerprint density at radius 3 is 2.40 bits per heavy atom. The standard InChI is InChI=1S/C17H13ClFN/c1-12-10-15(11-16(18)17(12)19)7-6-13-2-4-14(5-3-13)8-9-20/h2-7,10-11H,8H2,1H3/b7-6+. The van der Waals surface area contributed by atoms with Gasteiger partial charge in [-0.2, -0.15) is 5.26 Å². The predicted octanol–water partition coefficient (Wildman–Crippen LogP) is 5.02. The number of hydrogen-bond donors (Lipinski definition) is 0. The summed E-state index contributed by atoms with van der Waals surface area (Å²) in [4.78, 5) is 0. The molecule has 0 N–H and O–H groups in total. The summed E-state index contributed by atoms with van der Waals surface area (Å²) in [6.07, 6.45) is 4.23. The molecule has 0 aromatic heterocycles. The highest BCUT2D eigenvalue weighted by Gasteiger charge is 2.03. The zero-order valence-electron chi connectivity index (χ0n) is 11.0. The molecular weight excluding hydrogens is 273 g/mol. The molecule has 0 aliphatic heterocycles. The highest BCUT2D eigenvalue weighted by molar-refractivity contribution is 6.31. The summed E-state index contributed by atoms with van der Waals surface area (Å²) in [6.45, 7) is 1.69. The van der Waals surface area contributed by atoms with Crippen molar-refractivity contribution in [1.82, 2.24) is 0 Å². The topological polar surface area (TPSA) is 23.8 Å². The van der Waals surface area contributed by atoms with E-state index >= 15 is 0 Å². The molecule has 0 radical (unpaired) electrons. The molecule has 0 aliphatic rings. The van der Waals surface area contributed by atoms with Crippen LogP contribution in [0.2, 0.25) is 5.02 Å². The third-order valence-corrected chi connectivity index (χ3v) is 3.24. The van der Waals surface area contributed by atoms with Crippen LogP contribution >= 0.6 is 11.6 Å². The third-order valence-electron chi connectivity index (χ3n) is 2.96. The first-order valence-corrected chi connectivity index (χ1v) is 6.57. The Labute approximate surface area is 122 Å². The first kappa shape index (κ1) is 14.3. The number of halogens is 2. The van der Waals surface area contributed by atoms with Gasteiger partial charge in [-0.1, -0.05) is 48.0 Å². The van der Waals surface area contributed by atoms with Crippen molar-refractivity contribution in [3.8, 4) is 6.07 Å². The first-order valence-electron chi connectivity index (χ1n) is 6.20. The highest BCUT2D eigenvalue weighted by atomic mass is 35.5. The summed E-state index contributed by atoms with van der Waals surface area (Å²) in [5.41, 5.74) is 3.40. The lowest BCUT2D eigenvalue weighted by Crippen LogP contribution is -1.85. The lowest BCUT2D eigenvalue weighted by atomic mass is 10.1. The zero-order chi connectivity index (χ0) is 14.5. The fourth-order valence-corrected chi connectivity index (χ4v) is 2.15. The maximum atomic E-state index is 13.4. The SMILES string of the molecule is Cc1cc(/C=C/c2ccc(CC#N)cc2)cc(Cl)c1F. The number of rotatable bonds is 3. The maximum Gasteiger partial charge on any atom is 0.144 e. The number of benzene rings is 2. The molecule has 20 heavy (non-hydrogen) atoms. The van der Waals surface area contributed by atoms with Crippen molar-refractivity contribution in [2.75, 3.05) is 0 Å². The number of aryl methyl sites for hydroxylation is 1. The van der Waals surface area contributed by atoms with Crippen LogP contribution in [0.4, 0.5) is 4.39 Å². The summed E-state index contributed by atoms with van der Waals surface area (Å²) in [7, 11) is 0. The van der Waals surface area contributed by atoms with Crippen LogP contribution in [0.5, 0.6) is 0 Å². The molecule has 0 bridgehead atoms. The predicted molar refractivity (Wildman–Crippen MR) is 80.8 cm³/mol. The molecule has 0 unspecified atom stereocenters. The molecule has 0 saturated carbocycles. The van der Waals surface area contributed by atoms with E-state index in [0.29, 0.717) is 12.0 Å². The van der Waals surface area contributed by atoms with Crippen LogP contribution in [0, 0.1) is 24.1 Å². The van der Waals surface area contributed by atoms with Crippen molar-refractivity contribution >= 4 is 23.8 Å². The van der Waals surface area contributed by atoms with Crippen LogP contribution in [-0.4, -0.2) is 0 Å². The van der Waals surface area contributed by atoms with Gasteiger partial charge in [0.1, 0.15) is 5.82 Å². The molecule has 0 atom stereocenters. The Hall–Kier alpha value is -2.11. The molecule has 0 aliphatic carbocycles. The zero-order valence-corrected chi connectivity index (χ0v) is 11.8. The second-order valence-electron chi connectivity index (χ2n) is 4.54. The second kappa shape index (κ2) is 6.36. The van der Waals surface area contributed by atoms with Crippen molar-refractivity contribution < 1.29 is 4.39 Å². The smallest absolute Gasteiger partial charge is 0.144 e. The third kappa shape index (κ3) is 3.46. The average Bonchev–Trinajstić information content (AvgIpc) is 2.44. The van der Waals surface area contributed by atoms with Gasteiger partial charge in [-0.05, 0) is 41.3 Å². The molecule has 3 heteroatoms. The van der Waals surface area contributed by atoms with Gasteiger partial charge in [0.2, 0.25) is 0 Å². The van der Waals surface area contributed by atoms with Gasteiger partial charge in [-0.3, -0.25) is 0 Å². The Balaban J connectivity index is 2.19. The van der Waals surface area contributed by atoms with Crippen LogP contribution in [0.25, 0.3) is 12.2 Å². The van der Waals surface area contributed by atoms with Crippen molar-refractivity contribution in [2.24, 2.45) is 0 Å². The Morgan fingerprint density at radius 1 is 1.15 bits per heavy atom. The lowest BCUT2D eigenvalue weighted by Gasteiger charge is -2.02. The van der Waals surface area contributed by atoms with Crippen LogP contribution in [0.1, 0.15) is 22.3 Å². The number of nitrogens with zero attached hydrogens (tertiary/aromatic N) is 1. The van der Waals surface area contributed by atoms with Crippen LogP contribution < -0.4 is 0 Å². The van der Waals surface area contributed by atoms with Gasteiger partial charge in [-0.15, -0.1) is 0 Å². The molecule has 0 spiro atoms. The molecule has 2 aromatic carbocycles. The average molecular weight is 286 g/mol. The van der Waals surface area contributed by atoms with E-state index in [1.54, 1.807) is 19.1 Å². The minimum Gasteiger partial charge on any atom is -0.205 e. The summed E-state index contributed by atoms with van der Waals surface area (Å²) < 4.78 is 13.4. The minimum atomic E-state index is -0.371. The molecule has 0 heterocycles. The van der Waals surface area contributed by atoms with Gasteiger partial charge in [0, 0.05) is 0 Å². The van der Waals surface area contributed by atoms with Crippen molar-refractivity contribution in [3.63, 3.8) is 0 Å². The molecule has 0 fully saturated rings. The van der Waals surface area contributed by atoms with Crippen LogP contribution in [0.15, 0.2) is 36.4 Å². The van der Waals surface area contributed by atoms with Gasteiger partial charge in [0.05, 0.1) is 17.5 Å². The largest absolute Gasteiger partial charge is 0.205 e. The van der Waals surface area contributed by atoms with Crippen molar-refractivity contribution in [2.45, 2.75) is 13.3 Å². The minimum absolute atomic E-state index is 0.133. The Morgan fingerprint density at radius 2 is 1.80 bits per heavy atom. The fraction of sp³-hybridized carbons (Fsp3) is 0.118. The van der Waals surface area contributed by atoms with Gasteiger partial charge in [-0.25, -0.2) is 4.39 Å². The van der Waals surface area contributed by atoms with Gasteiger partial charge in [0.15, 0.2) is 0 Å². The fourth-order valence-electron chi connectivity index (χ4n) is 1.88. The highest BCUT2D eigenvalue weighted by Crippen LogP contribution is 2.21. The summed E-state index contributed by atoms with van der Waals surface area (Å²) in [5, 5.41) is 8.74. The van der Waals surface area contributed by atoms with E-state index in [1.165, 1.54) is 0 Å². The lowest BCUT2D eigenvalue weighted by molar-refractivity contribution is 0.619. The molecule has 0 saturated heterocycles. The van der Waals surface area contributed by atoms with Crippen LogP contribution in [0.3, 0.4) is 0 Å². The molecule has 1 nitrogen and oxygen atoms in total. The number of nitriles is 1. The monoisotopic (exact) mass is 285 g/mol. The van der Waals surface area contributed by atoms with E-state index in [9.17, 15) is 4.39 Å². The summed E-state index contributed by atoms with van der Waals surface area (Å²) in [5.74, 6) is -0.371. The van der Waals surface area contributed by atoms with E-state index in [4.69, 9.17) is 16.9 Å². The second-order valence-corrected chi connectivity index (χ2v) is 4.95. The molecule has 2 aromatic rings. The van der Waals surface area contributed by atoms with Crippen molar-refractivity contribution in [3.05, 3.63) is 69.5 Å². The van der Waals surface area contributed by atoms with Crippen molar-refractivity contribution in [1.29, 1.82) is 5.26 Å². The molecular formula is C17H13ClFN. The van der Waals surface area contributed by atoms with E-state index < -0.39 is 0 Å². The summed E-state index contributed by atoms with van der Waals surface area (Å²) in [6, 6.07) is 13.2. The molecule has 100 valence electrons. The Bertz CT molecular complexity index is 658. The Kier molecular flexibility index (Phi) is 4.55. The van der Waals surface area contributed by atoms with Gasteiger partial charge < -0.3 is 0 Å². The van der Waals surface area contributed by atoms with Gasteiger partial charge in [0.25, 0.3) is 0 Å². The maximum absolute atomic E-state index is 13.4. The molecule has 2 rings (SSSR count). The van der Waals surface area contributed by atoms with E-state index in [-0.39, 0.29) is 10.8 Å². The van der Waals surface area contributed by atoms with E-state index in [2.05, 4.69) is 6.07 Å². The van der Waals surface area contributed by atoms with E-state index in [0.717, 1.165) is 16.7 Å². The first-order chi connectivity index (χ1) is 9.60. The quantitative estimate of drug-likeness (QED) is 0.726.